The smallest absolute Gasteiger partial charge is 0.201 e. The molecule has 1 radical (unpaired) electrons. The number of benzene rings is 1. The molecule has 0 heterocycles. The van der Waals surface area contributed by atoms with E-state index in [1.807, 2.05) is 37.5 Å². The van der Waals surface area contributed by atoms with Crippen LogP contribution in [0.3, 0.4) is 0 Å². The van der Waals surface area contributed by atoms with E-state index in [1.165, 1.54) is 0 Å². The van der Waals surface area contributed by atoms with Crippen LogP contribution in [0.1, 0.15) is 12.5 Å². The van der Waals surface area contributed by atoms with E-state index in [9.17, 15) is 4.79 Å². The van der Waals surface area contributed by atoms with Crippen LogP contribution in [-0.4, -0.2) is 13.4 Å². The lowest BCUT2D eigenvalue weighted by molar-refractivity contribution is 0.414. The van der Waals surface area contributed by atoms with E-state index in [0.717, 1.165) is 17.7 Å². The lowest BCUT2D eigenvalue weighted by Crippen LogP contribution is -2.00. The second-order valence-corrected chi connectivity index (χ2v) is 3.07. The molecule has 0 amide bonds. The molecule has 0 aliphatic carbocycles. The fraction of sp³-hybridized carbons (Fsp3) is 0.364. The summed E-state index contributed by atoms with van der Waals surface area (Å²) in [5.74, 6) is 0.780. The average Bonchev–Trinajstić information content (AvgIpc) is 2.18. The quantitative estimate of drug-likeness (QED) is 0.703. The lowest BCUT2D eigenvalue weighted by Gasteiger charge is -2.05. The maximum absolute atomic E-state index is 10.3. The van der Waals surface area contributed by atoms with Crippen LogP contribution in [0.15, 0.2) is 24.3 Å². The van der Waals surface area contributed by atoms with Crippen LogP contribution in [-0.2, 0) is 11.2 Å². The molecule has 1 rings (SSSR count). The van der Waals surface area contributed by atoms with E-state index < -0.39 is 0 Å². The van der Waals surface area contributed by atoms with Crippen molar-refractivity contribution in [3.8, 4) is 5.75 Å². The first-order valence-corrected chi connectivity index (χ1v) is 4.27. The molecule has 1 unspecified atom stereocenters. The van der Waals surface area contributed by atoms with Gasteiger partial charge in [0.1, 0.15) is 5.75 Å². The standard InChI is InChI=1S/C11H13O2/c1-9(8-12)6-10-4-3-5-11(7-10)13-2/h3-5,7,9H,6H2,1-2H3. The molecule has 1 atom stereocenters. The summed E-state index contributed by atoms with van der Waals surface area (Å²) < 4.78 is 5.07. The third-order valence-electron chi connectivity index (χ3n) is 1.88. The Balaban J connectivity index is 2.71. The van der Waals surface area contributed by atoms with Gasteiger partial charge in [-0.15, -0.1) is 0 Å². The van der Waals surface area contributed by atoms with Gasteiger partial charge in [-0.05, 0) is 24.1 Å². The van der Waals surface area contributed by atoms with Gasteiger partial charge in [-0.25, -0.2) is 0 Å². The van der Waals surface area contributed by atoms with Crippen LogP contribution in [0, 0.1) is 5.92 Å². The minimum atomic E-state index is -0.0490. The van der Waals surface area contributed by atoms with E-state index in [0.29, 0.717) is 0 Å². The highest BCUT2D eigenvalue weighted by molar-refractivity contribution is 5.54. The summed E-state index contributed by atoms with van der Waals surface area (Å²) >= 11 is 0. The van der Waals surface area contributed by atoms with E-state index in [1.54, 1.807) is 7.11 Å². The Morgan fingerprint density at radius 1 is 1.54 bits per heavy atom. The Morgan fingerprint density at radius 2 is 2.31 bits per heavy atom. The second kappa shape index (κ2) is 4.65. The molecule has 13 heavy (non-hydrogen) atoms. The monoisotopic (exact) mass is 177 g/mol. The van der Waals surface area contributed by atoms with Crippen LogP contribution in [0.2, 0.25) is 0 Å². The summed E-state index contributed by atoms with van der Waals surface area (Å²) in [6.07, 6.45) is 2.68. The van der Waals surface area contributed by atoms with Gasteiger partial charge in [0.2, 0.25) is 6.29 Å². The summed E-state index contributed by atoms with van der Waals surface area (Å²) in [5.41, 5.74) is 1.11. The normalized spacial score (nSPS) is 12.2. The molecule has 0 saturated carbocycles. The highest BCUT2D eigenvalue weighted by Crippen LogP contribution is 2.14. The molecule has 0 fully saturated rings. The summed E-state index contributed by atoms with van der Waals surface area (Å²) in [6, 6.07) is 7.73. The van der Waals surface area contributed by atoms with Crippen molar-refractivity contribution in [2.24, 2.45) is 5.92 Å². The van der Waals surface area contributed by atoms with Crippen LogP contribution < -0.4 is 4.74 Å². The van der Waals surface area contributed by atoms with Crippen LogP contribution in [0.25, 0.3) is 0 Å². The van der Waals surface area contributed by atoms with Gasteiger partial charge in [0.25, 0.3) is 0 Å². The van der Waals surface area contributed by atoms with Gasteiger partial charge in [0.15, 0.2) is 0 Å². The molecule has 0 aliphatic heterocycles. The Hall–Kier alpha value is -1.31. The molecular formula is C11H13O2. The zero-order chi connectivity index (χ0) is 9.68. The van der Waals surface area contributed by atoms with E-state index in [-0.39, 0.29) is 5.92 Å². The molecule has 0 N–H and O–H groups in total. The van der Waals surface area contributed by atoms with Crippen molar-refractivity contribution in [1.29, 1.82) is 0 Å². The van der Waals surface area contributed by atoms with Crippen LogP contribution >= 0.6 is 0 Å². The third-order valence-corrected chi connectivity index (χ3v) is 1.88. The second-order valence-electron chi connectivity index (χ2n) is 3.07. The zero-order valence-corrected chi connectivity index (χ0v) is 7.91. The summed E-state index contributed by atoms with van der Waals surface area (Å²) in [4.78, 5) is 10.3. The number of methoxy groups -OCH3 is 1. The molecule has 69 valence electrons. The van der Waals surface area contributed by atoms with Crippen LogP contribution in [0.4, 0.5) is 0 Å². The molecule has 1 aromatic carbocycles. The first kappa shape index (κ1) is 9.78. The number of ether oxygens (including phenoxy) is 1. The Labute approximate surface area is 78.5 Å². The summed E-state index contributed by atoms with van der Waals surface area (Å²) in [6.45, 7) is 1.85. The summed E-state index contributed by atoms with van der Waals surface area (Å²) in [5, 5.41) is 0. The van der Waals surface area contributed by atoms with Gasteiger partial charge < -0.3 is 4.74 Å². The van der Waals surface area contributed by atoms with E-state index >= 15 is 0 Å². The summed E-state index contributed by atoms with van der Waals surface area (Å²) in [7, 11) is 1.63. The predicted octanol–water partition coefficient (Wildman–Crippen LogP) is 1.98. The molecule has 0 spiro atoms. The topological polar surface area (TPSA) is 26.3 Å². The number of hydrogen-bond acceptors (Lipinski definition) is 2. The van der Waals surface area contributed by atoms with Gasteiger partial charge in [-0.1, -0.05) is 19.1 Å². The molecule has 0 saturated heterocycles. The minimum Gasteiger partial charge on any atom is -0.497 e. The van der Waals surface area contributed by atoms with E-state index in [2.05, 4.69) is 0 Å². The van der Waals surface area contributed by atoms with Crippen molar-refractivity contribution in [2.75, 3.05) is 7.11 Å². The van der Waals surface area contributed by atoms with Crippen molar-refractivity contribution < 1.29 is 9.53 Å². The first-order chi connectivity index (χ1) is 6.26. The fourth-order valence-corrected chi connectivity index (χ4v) is 1.19. The van der Waals surface area contributed by atoms with Crippen molar-refractivity contribution >= 4 is 6.29 Å². The first-order valence-electron chi connectivity index (χ1n) is 4.27. The van der Waals surface area contributed by atoms with Gasteiger partial charge in [0.05, 0.1) is 7.11 Å². The highest BCUT2D eigenvalue weighted by atomic mass is 16.5. The zero-order valence-electron chi connectivity index (χ0n) is 7.91. The largest absolute Gasteiger partial charge is 0.497 e. The number of carbonyl (C=O) groups excluding carboxylic acids is 1. The van der Waals surface area contributed by atoms with Gasteiger partial charge in [0, 0.05) is 5.92 Å². The Bertz CT molecular complexity index is 281. The van der Waals surface area contributed by atoms with Gasteiger partial charge in [-0.3, -0.25) is 4.79 Å². The third kappa shape index (κ3) is 2.90. The van der Waals surface area contributed by atoms with Crippen molar-refractivity contribution in [3.05, 3.63) is 29.8 Å². The maximum atomic E-state index is 10.3. The minimum absolute atomic E-state index is 0.0490. The number of hydrogen-bond donors (Lipinski definition) is 0. The number of rotatable bonds is 4. The molecule has 1 aromatic rings. The van der Waals surface area contributed by atoms with Crippen molar-refractivity contribution in [2.45, 2.75) is 13.3 Å². The van der Waals surface area contributed by atoms with Crippen molar-refractivity contribution in [3.63, 3.8) is 0 Å². The molecular weight excluding hydrogens is 164 g/mol. The Kier molecular flexibility index (Phi) is 3.50. The predicted molar refractivity (Wildman–Crippen MR) is 51.6 cm³/mol. The molecule has 0 aliphatic rings. The molecule has 0 bridgehead atoms. The SMILES string of the molecule is COc1cccc(CC(C)[C]=O)c1. The molecule has 0 aromatic heterocycles. The van der Waals surface area contributed by atoms with Crippen LogP contribution in [0.5, 0.6) is 5.75 Å². The highest BCUT2D eigenvalue weighted by Gasteiger charge is 2.03. The lowest BCUT2D eigenvalue weighted by atomic mass is 10.0. The van der Waals surface area contributed by atoms with Crippen molar-refractivity contribution in [1.82, 2.24) is 0 Å². The van der Waals surface area contributed by atoms with Gasteiger partial charge >= 0.3 is 0 Å². The van der Waals surface area contributed by atoms with E-state index in [4.69, 9.17) is 4.74 Å². The van der Waals surface area contributed by atoms with Gasteiger partial charge in [-0.2, -0.15) is 0 Å². The maximum Gasteiger partial charge on any atom is 0.201 e. The molecule has 2 nitrogen and oxygen atoms in total. The Morgan fingerprint density at radius 3 is 2.92 bits per heavy atom. The molecule has 2 heteroatoms. The fourth-order valence-electron chi connectivity index (χ4n) is 1.19. The average molecular weight is 177 g/mol.